The van der Waals surface area contributed by atoms with Crippen LogP contribution in [0.4, 0.5) is 4.39 Å². The minimum atomic E-state index is -0.596. The summed E-state index contributed by atoms with van der Waals surface area (Å²) in [6, 6.07) is 8.30. The number of aliphatic hydroxyl groups is 1. The van der Waals surface area contributed by atoms with Gasteiger partial charge in [0.25, 0.3) is 0 Å². The summed E-state index contributed by atoms with van der Waals surface area (Å²) >= 11 is 1.65. The van der Waals surface area contributed by atoms with E-state index in [1.54, 1.807) is 17.4 Å². The number of aryl methyl sites for hydroxylation is 1. The number of hydrogen-bond donors (Lipinski definition) is 1. The van der Waals surface area contributed by atoms with Gasteiger partial charge in [-0.05, 0) is 31.2 Å². The van der Waals surface area contributed by atoms with E-state index >= 15 is 0 Å². The first-order valence-electron chi connectivity index (χ1n) is 5.84. The van der Waals surface area contributed by atoms with E-state index in [0.717, 1.165) is 4.88 Å². The van der Waals surface area contributed by atoms with Crippen molar-refractivity contribution in [2.75, 3.05) is 0 Å². The zero-order valence-electron chi connectivity index (χ0n) is 9.89. The number of thiophene rings is 1. The van der Waals surface area contributed by atoms with Crippen molar-refractivity contribution in [3.8, 4) is 5.75 Å². The Morgan fingerprint density at radius 1 is 1.33 bits per heavy atom. The summed E-state index contributed by atoms with van der Waals surface area (Å²) in [6.07, 6.45) is -0.270. The summed E-state index contributed by atoms with van der Waals surface area (Å²) in [6.45, 7) is 2.03. The van der Waals surface area contributed by atoms with E-state index in [4.69, 9.17) is 4.74 Å². The molecule has 0 fully saturated rings. The van der Waals surface area contributed by atoms with Crippen LogP contribution in [0.5, 0.6) is 5.75 Å². The van der Waals surface area contributed by atoms with Crippen LogP contribution in [0.3, 0.4) is 0 Å². The Morgan fingerprint density at radius 2 is 2.17 bits per heavy atom. The number of aliphatic hydroxyl groups excluding tert-OH is 1. The van der Waals surface area contributed by atoms with Gasteiger partial charge < -0.3 is 9.84 Å². The maximum Gasteiger partial charge on any atom is 0.136 e. The molecule has 2 heterocycles. The summed E-state index contributed by atoms with van der Waals surface area (Å²) in [5, 5.41) is 10.1. The Kier molecular flexibility index (Phi) is 2.84. The molecule has 1 N–H and O–H groups in total. The molecule has 0 saturated carbocycles. The van der Waals surface area contributed by atoms with Gasteiger partial charge in [0.1, 0.15) is 17.7 Å². The zero-order valence-corrected chi connectivity index (χ0v) is 10.7. The van der Waals surface area contributed by atoms with E-state index in [0.29, 0.717) is 17.7 Å². The fraction of sp³-hybridized carbons (Fsp3) is 0.286. The standard InChI is InChI=1S/C14H13FO2S/c1-8-2-5-14(18-8)13-7-11(16)10-4-3-9(15)6-12(10)17-13/h2-6,11,13,16H,7H2,1H3/t11-,13?/m1/s1. The van der Waals surface area contributed by atoms with Crippen molar-refractivity contribution in [2.45, 2.75) is 25.6 Å². The molecule has 0 radical (unpaired) electrons. The molecule has 94 valence electrons. The van der Waals surface area contributed by atoms with Crippen LogP contribution in [-0.2, 0) is 0 Å². The minimum absolute atomic E-state index is 0.187. The van der Waals surface area contributed by atoms with Gasteiger partial charge in [-0.1, -0.05) is 0 Å². The van der Waals surface area contributed by atoms with Crippen molar-refractivity contribution in [2.24, 2.45) is 0 Å². The lowest BCUT2D eigenvalue weighted by atomic mass is 9.98. The maximum absolute atomic E-state index is 13.2. The van der Waals surface area contributed by atoms with E-state index in [9.17, 15) is 9.50 Å². The van der Waals surface area contributed by atoms with E-state index in [2.05, 4.69) is 0 Å². The summed E-state index contributed by atoms with van der Waals surface area (Å²) in [7, 11) is 0. The molecule has 0 amide bonds. The van der Waals surface area contributed by atoms with Crippen LogP contribution in [0.2, 0.25) is 0 Å². The van der Waals surface area contributed by atoms with E-state index in [-0.39, 0.29) is 11.9 Å². The summed E-state index contributed by atoms with van der Waals surface area (Å²) in [4.78, 5) is 2.27. The average Bonchev–Trinajstić information content (AvgIpc) is 2.75. The normalized spacial score (nSPS) is 22.4. The lowest BCUT2D eigenvalue weighted by molar-refractivity contribution is 0.0671. The molecular formula is C14H13FO2S. The molecule has 1 aliphatic heterocycles. The molecule has 3 rings (SSSR count). The number of ether oxygens (including phenoxy) is 1. The highest BCUT2D eigenvalue weighted by Gasteiger charge is 2.29. The van der Waals surface area contributed by atoms with E-state index in [1.165, 1.54) is 17.0 Å². The van der Waals surface area contributed by atoms with E-state index in [1.807, 2.05) is 19.1 Å². The number of hydrogen-bond acceptors (Lipinski definition) is 3. The molecular weight excluding hydrogens is 251 g/mol. The number of rotatable bonds is 1. The van der Waals surface area contributed by atoms with Crippen molar-refractivity contribution in [1.82, 2.24) is 0 Å². The average molecular weight is 264 g/mol. The van der Waals surface area contributed by atoms with Crippen LogP contribution in [0.25, 0.3) is 0 Å². The van der Waals surface area contributed by atoms with E-state index < -0.39 is 6.10 Å². The van der Waals surface area contributed by atoms with Gasteiger partial charge in [0.2, 0.25) is 0 Å². The first-order chi connectivity index (χ1) is 8.63. The molecule has 1 aromatic carbocycles. The Bertz CT molecular complexity index is 579. The van der Waals surface area contributed by atoms with Gasteiger partial charge in [0.15, 0.2) is 0 Å². The number of halogens is 1. The predicted molar refractivity (Wildman–Crippen MR) is 68.4 cm³/mol. The molecule has 1 unspecified atom stereocenters. The van der Waals surface area contributed by atoms with Crippen molar-refractivity contribution >= 4 is 11.3 Å². The largest absolute Gasteiger partial charge is 0.484 e. The first kappa shape index (κ1) is 11.7. The fourth-order valence-electron chi connectivity index (χ4n) is 2.22. The summed E-state index contributed by atoms with van der Waals surface area (Å²) in [5.74, 6) is 0.105. The highest BCUT2D eigenvalue weighted by atomic mass is 32.1. The molecule has 0 bridgehead atoms. The third-order valence-corrected chi connectivity index (χ3v) is 4.21. The Labute approximate surface area is 109 Å². The van der Waals surface area contributed by atoms with Crippen molar-refractivity contribution in [1.29, 1.82) is 0 Å². The van der Waals surface area contributed by atoms with Gasteiger partial charge in [-0.25, -0.2) is 4.39 Å². The number of fused-ring (bicyclic) bond motifs is 1. The van der Waals surface area contributed by atoms with Gasteiger partial charge >= 0.3 is 0 Å². The fourth-order valence-corrected chi connectivity index (χ4v) is 3.14. The maximum atomic E-state index is 13.2. The third kappa shape index (κ3) is 2.02. The molecule has 0 aliphatic carbocycles. The SMILES string of the molecule is Cc1ccc(C2C[C@@H](O)c3ccc(F)cc3O2)s1. The van der Waals surface area contributed by atoms with Crippen molar-refractivity contribution in [3.05, 3.63) is 51.5 Å². The predicted octanol–water partition coefficient (Wildman–Crippen LogP) is 3.75. The Hall–Kier alpha value is -1.39. The monoisotopic (exact) mass is 264 g/mol. The topological polar surface area (TPSA) is 29.5 Å². The second-order valence-corrected chi connectivity index (χ2v) is 5.81. The lowest BCUT2D eigenvalue weighted by Crippen LogP contribution is -2.18. The quantitative estimate of drug-likeness (QED) is 0.850. The van der Waals surface area contributed by atoms with Crippen LogP contribution >= 0.6 is 11.3 Å². The van der Waals surface area contributed by atoms with Crippen molar-refractivity contribution < 1.29 is 14.2 Å². The summed E-state index contributed by atoms with van der Waals surface area (Å²) < 4.78 is 19.0. The zero-order chi connectivity index (χ0) is 12.7. The molecule has 0 spiro atoms. The number of benzene rings is 1. The summed E-state index contributed by atoms with van der Waals surface area (Å²) in [5.41, 5.74) is 0.668. The molecule has 18 heavy (non-hydrogen) atoms. The Morgan fingerprint density at radius 3 is 2.89 bits per heavy atom. The van der Waals surface area contributed by atoms with Gasteiger partial charge in [0.05, 0.1) is 6.10 Å². The van der Waals surface area contributed by atoms with Crippen LogP contribution in [0.1, 0.15) is 33.9 Å². The van der Waals surface area contributed by atoms with Crippen LogP contribution in [0.15, 0.2) is 30.3 Å². The lowest BCUT2D eigenvalue weighted by Gasteiger charge is -2.29. The highest BCUT2D eigenvalue weighted by molar-refractivity contribution is 7.12. The molecule has 2 atom stereocenters. The Balaban J connectivity index is 1.95. The smallest absolute Gasteiger partial charge is 0.136 e. The molecule has 4 heteroatoms. The second-order valence-electron chi connectivity index (χ2n) is 4.49. The molecule has 1 aliphatic rings. The van der Waals surface area contributed by atoms with Gasteiger partial charge in [-0.3, -0.25) is 0 Å². The van der Waals surface area contributed by atoms with Crippen LogP contribution < -0.4 is 4.74 Å². The highest BCUT2D eigenvalue weighted by Crippen LogP contribution is 2.42. The minimum Gasteiger partial charge on any atom is -0.484 e. The van der Waals surface area contributed by atoms with Crippen LogP contribution in [-0.4, -0.2) is 5.11 Å². The molecule has 1 aromatic heterocycles. The van der Waals surface area contributed by atoms with Crippen molar-refractivity contribution in [3.63, 3.8) is 0 Å². The molecule has 0 saturated heterocycles. The van der Waals surface area contributed by atoms with Gasteiger partial charge in [-0.15, -0.1) is 11.3 Å². The second kappa shape index (κ2) is 4.37. The van der Waals surface area contributed by atoms with Gasteiger partial charge in [0, 0.05) is 27.8 Å². The molecule has 2 nitrogen and oxygen atoms in total. The van der Waals surface area contributed by atoms with Gasteiger partial charge in [-0.2, -0.15) is 0 Å². The first-order valence-corrected chi connectivity index (χ1v) is 6.65. The molecule has 2 aromatic rings. The third-order valence-electron chi connectivity index (χ3n) is 3.12. The van der Waals surface area contributed by atoms with Crippen LogP contribution in [0, 0.1) is 12.7 Å².